The molecule has 3 unspecified atom stereocenters. The first-order valence-electron chi connectivity index (χ1n) is 17.6. The van der Waals surface area contributed by atoms with Crippen LogP contribution >= 0.6 is 23.9 Å². The maximum absolute atomic E-state index is 13.4. The lowest BCUT2D eigenvalue weighted by atomic mass is 10.2. The molecule has 7 heterocycles. The molecule has 3 saturated heterocycles. The summed E-state index contributed by atoms with van der Waals surface area (Å²) < 4.78 is 85.7. The van der Waals surface area contributed by atoms with E-state index in [4.69, 9.17) is 48.3 Å². The number of ether oxygens (including phenoxy) is 3. The summed E-state index contributed by atoms with van der Waals surface area (Å²) >= 11 is 0. The zero-order chi connectivity index (χ0) is 42.2. The predicted molar refractivity (Wildman–Crippen MR) is 196 cm³/mol. The molecule has 0 saturated carbocycles. The van der Waals surface area contributed by atoms with Gasteiger partial charge in [0.2, 0.25) is 0 Å². The van der Waals surface area contributed by atoms with Gasteiger partial charge < -0.3 is 35.5 Å². The van der Waals surface area contributed by atoms with Crippen LogP contribution in [0.15, 0.2) is 45.5 Å². The second-order valence-electron chi connectivity index (χ2n) is 13.5. The van der Waals surface area contributed by atoms with Crippen molar-refractivity contribution < 1.29 is 65.2 Å². The number of phosphoric ester groups is 2. The lowest BCUT2D eigenvalue weighted by Crippen LogP contribution is -2.33. The third-order valence-corrected chi connectivity index (χ3v) is 11.9. The molecule has 3 aliphatic heterocycles. The quantitative estimate of drug-likeness (QED) is 0.0808. The van der Waals surface area contributed by atoms with Crippen molar-refractivity contribution in [1.29, 1.82) is 0 Å². The number of aromatic nitrogens is 8. The fraction of sp³-hybridized carbons (Fsp3) is 0.552. The number of aromatic amines is 1. The standard InChI is InChI=1S/C29H37N10O17P3/c1-14-8-38(29(42)36-27(14)40)21-3-2-15(52-21)9-50-58(45,46)56-17-7-23(39-13-34-24-25(31)32-12-33-26(24)39)54-19(17)11-51-59(47,48)55-16-6-22(53-18(16)10-49-57(43)44)37-5-4-20(30)35-28(37)41/h4-5,8,12-13,15-19,21-23H,2-3,6-7,9-11H2,1H3,(H7-,30,31,32,33,35,36,40,41,42,43,44,45,46,47,48)/p+1/t15-,16-,17-,18+,19+,21+,22+,23+/m0/s1. The molecule has 0 spiro atoms. The van der Waals surface area contributed by atoms with Gasteiger partial charge in [0.1, 0.15) is 67.4 Å². The summed E-state index contributed by atoms with van der Waals surface area (Å²) in [4.78, 5) is 85.6. The Morgan fingerprint density at radius 2 is 1.56 bits per heavy atom. The third kappa shape index (κ3) is 10.1. The van der Waals surface area contributed by atoms with Gasteiger partial charge in [0.15, 0.2) is 11.5 Å². The van der Waals surface area contributed by atoms with Crippen LogP contribution in [0.25, 0.3) is 11.2 Å². The van der Waals surface area contributed by atoms with Gasteiger partial charge in [-0.3, -0.25) is 41.6 Å². The van der Waals surface area contributed by atoms with Crippen LogP contribution in [0.5, 0.6) is 0 Å². The lowest BCUT2D eigenvalue weighted by Gasteiger charge is -2.24. The number of phosphoric acid groups is 2. The second-order valence-corrected chi connectivity index (χ2v) is 17.0. The number of nitrogens with two attached hydrogens (primary N) is 2. The molecule has 0 amide bonds. The zero-order valence-electron chi connectivity index (χ0n) is 30.6. The van der Waals surface area contributed by atoms with Crippen molar-refractivity contribution in [2.24, 2.45) is 0 Å². The number of aryl methyl sites for hydroxylation is 1. The van der Waals surface area contributed by atoms with E-state index in [1.807, 2.05) is 0 Å². The van der Waals surface area contributed by atoms with Crippen LogP contribution in [0, 0.1) is 6.92 Å². The molecule has 4 aromatic heterocycles. The Hall–Kier alpha value is -4.17. The van der Waals surface area contributed by atoms with Gasteiger partial charge in [-0.05, 0) is 25.8 Å². The van der Waals surface area contributed by atoms with E-state index in [0.29, 0.717) is 12.8 Å². The van der Waals surface area contributed by atoms with Gasteiger partial charge in [-0.1, -0.05) is 0 Å². The van der Waals surface area contributed by atoms with E-state index in [2.05, 4.69) is 24.9 Å². The van der Waals surface area contributed by atoms with Crippen molar-refractivity contribution in [3.63, 3.8) is 0 Å². The van der Waals surface area contributed by atoms with Gasteiger partial charge in [-0.25, -0.2) is 33.7 Å². The predicted octanol–water partition coefficient (Wildman–Crippen LogP) is 0.0295. The minimum absolute atomic E-state index is 0.0632. The number of fused-ring (bicyclic) bond motifs is 1. The largest absolute Gasteiger partial charge is 0.694 e. The number of nitrogens with zero attached hydrogens (tertiary/aromatic N) is 7. The van der Waals surface area contributed by atoms with Crippen LogP contribution in [0.2, 0.25) is 0 Å². The molecule has 7 rings (SSSR count). The molecule has 30 heteroatoms. The number of hydrogen-bond donors (Lipinski definition) is 6. The monoisotopic (exact) mass is 891 g/mol. The summed E-state index contributed by atoms with van der Waals surface area (Å²) in [5, 5.41) is 0. The first kappa shape index (κ1) is 42.9. The summed E-state index contributed by atoms with van der Waals surface area (Å²) in [6.45, 7) is -0.293. The molecule has 59 heavy (non-hydrogen) atoms. The molecule has 0 bridgehead atoms. The highest BCUT2D eigenvalue weighted by atomic mass is 31.2. The lowest BCUT2D eigenvalue weighted by molar-refractivity contribution is -0.0564. The number of nitrogen functional groups attached to an aromatic ring is 2. The van der Waals surface area contributed by atoms with Crippen molar-refractivity contribution in [3.05, 3.63) is 68.0 Å². The van der Waals surface area contributed by atoms with Gasteiger partial charge in [-0.2, -0.15) is 4.98 Å². The Kier molecular flexibility index (Phi) is 12.7. The molecule has 0 aliphatic carbocycles. The van der Waals surface area contributed by atoms with Gasteiger partial charge in [0.25, 0.3) is 5.56 Å². The Morgan fingerprint density at radius 1 is 0.898 bits per heavy atom. The number of anilines is 2. The van der Waals surface area contributed by atoms with E-state index >= 15 is 0 Å². The maximum Gasteiger partial charge on any atom is 0.694 e. The molecule has 4 aromatic rings. The van der Waals surface area contributed by atoms with Crippen molar-refractivity contribution in [2.75, 3.05) is 31.3 Å². The van der Waals surface area contributed by atoms with E-state index < -0.39 is 110 Å². The Labute approximate surface area is 331 Å². The van der Waals surface area contributed by atoms with E-state index in [1.165, 1.54) is 47.2 Å². The molecular weight excluding hydrogens is 853 g/mol. The van der Waals surface area contributed by atoms with Crippen LogP contribution in [0.4, 0.5) is 11.6 Å². The number of nitrogens with one attached hydrogen (secondary N) is 1. The van der Waals surface area contributed by atoms with Crippen molar-refractivity contribution in [3.8, 4) is 0 Å². The summed E-state index contributed by atoms with van der Waals surface area (Å²) in [6.07, 6.45) is -3.62. The van der Waals surface area contributed by atoms with Gasteiger partial charge in [0.05, 0.1) is 25.6 Å². The van der Waals surface area contributed by atoms with E-state index in [0.717, 1.165) is 4.57 Å². The van der Waals surface area contributed by atoms with E-state index in [1.54, 1.807) is 0 Å². The highest BCUT2D eigenvalue weighted by Crippen LogP contribution is 2.52. The second kappa shape index (κ2) is 17.4. The molecule has 320 valence electrons. The number of H-pyrrole nitrogens is 1. The Bertz CT molecular complexity index is 2480. The van der Waals surface area contributed by atoms with Crippen LogP contribution < -0.4 is 28.4 Å². The summed E-state index contributed by atoms with van der Waals surface area (Å²) in [7, 11) is -13.2. The van der Waals surface area contributed by atoms with Crippen LogP contribution in [0.3, 0.4) is 0 Å². The SMILES string of the molecule is Cc1cn([C@H]2CC[C@@H](COP(=O)(O)O[C@H]3C[C@H](n4cnc5c(N)ncnc54)O[C@@H]3COP(=O)(O)O[C@H]3C[C@H](n4ccc(N)nc4=O)O[C@@H]3CO[P+](=O)O)O2)c(=O)[nH]c1=O. The van der Waals surface area contributed by atoms with Crippen LogP contribution in [0.1, 0.15) is 49.9 Å². The van der Waals surface area contributed by atoms with Gasteiger partial charge in [0, 0.05) is 35.4 Å². The Balaban J connectivity index is 1.03. The summed E-state index contributed by atoms with van der Waals surface area (Å²) in [5.41, 5.74) is 10.2. The molecule has 0 aromatic carbocycles. The summed E-state index contributed by atoms with van der Waals surface area (Å²) in [5.74, 6) is -0.00800. The molecule has 27 nitrogen and oxygen atoms in total. The minimum atomic E-state index is -5.10. The first-order chi connectivity index (χ1) is 27.9. The number of imidazole rings is 1. The Morgan fingerprint density at radius 3 is 2.24 bits per heavy atom. The average Bonchev–Trinajstić information content (AvgIpc) is 3.97. The van der Waals surface area contributed by atoms with E-state index in [-0.39, 0.29) is 41.2 Å². The first-order valence-corrected chi connectivity index (χ1v) is 21.7. The molecule has 3 fully saturated rings. The fourth-order valence-corrected chi connectivity index (χ4v) is 8.90. The van der Waals surface area contributed by atoms with Gasteiger partial charge >= 0.3 is 35.3 Å². The normalized spacial score (nSPS) is 28.2. The fourth-order valence-electron chi connectivity index (χ4n) is 6.69. The molecule has 3 aliphatic rings. The van der Waals surface area contributed by atoms with Gasteiger partial charge in [-0.15, -0.1) is 9.42 Å². The zero-order valence-corrected chi connectivity index (χ0v) is 33.3. The van der Waals surface area contributed by atoms with Crippen molar-refractivity contribution in [1.82, 2.24) is 38.6 Å². The van der Waals surface area contributed by atoms with Crippen LogP contribution in [-0.2, 0) is 50.5 Å². The smallest absolute Gasteiger partial charge is 0.383 e. The van der Waals surface area contributed by atoms with Crippen molar-refractivity contribution >= 4 is 46.7 Å². The number of rotatable bonds is 16. The summed E-state index contributed by atoms with van der Waals surface area (Å²) in [6, 6.07) is 1.31. The molecule has 8 N–H and O–H groups in total. The highest BCUT2D eigenvalue weighted by Gasteiger charge is 2.47. The molecule has 11 atom stereocenters. The third-order valence-electron chi connectivity index (χ3n) is 9.47. The average molecular weight is 892 g/mol. The molecule has 0 radical (unpaired) electrons. The van der Waals surface area contributed by atoms with E-state index in [9.17, 15) is 42.8 Å². The minimum Gasteiger partial charge on any atom is -0.383 e. The molecular formula is C29H38N10O17P3+. The maximum atomic E-state index is 13.4. The van der Waals surface area contributed by atoms with Crippen molar-refractivity contribution in [2.45, 2.75) is 81.8 Å². The number of hydrogen-bond acceptors (Lipinski definition) is 20. The highest BCUT2D eigenvalue weighted by molar-refractivity contribution is 7.47. The topological polar surface area (TPSA) is 371 Å². The van der Waals surface area contributed by atoms with Crippen LogP contribution in [-0.4, -0.2) is 104 Å².